The van der Waals surface area contributed by atoms with Gasteiger partial charge in [-0.2, -0.15) is 15.1 Å². The minimum atomic E-state index is -0.543. The summed E-state index contributed by atoms with van der Waals surface area (Å²) in [5, 5.41) is 13.8. The van der Waals surface area contributed by atoms with Crippen LogP contribution in [-0.2, 0) is 4.74 Å². The van der Waals surface area contributed by atoms with Crippen molar-refractivity contribution in [2.75, 3.05) is 55.9 Å². The summed E-state index contributed by atoms with van der Waals surface area (Å²) in [6, 6.07) is 8.88. The fourth-order valence-corrected chi connectivity index (χ4v) is 3.68. The van der Waals surface area contributed by atoms with Gasteiger partial charge in [-0.15, -0.1) is 0 Å². The van der Waals surface area contributed by atoms with E-state index in [1.165, 1.54) is 7.11 Å². The third-order valence-corrected chi connectivity index (χ3v) is 5.47. The Kier molecular flexibility index (Phi) is 6.42. The van der Waals surface area contributed by atoms with Crippen molar-refractivity contribution in [3.05, 3.63) is 46.6 Å². The number of hydrogen-bond donors (Lipinski definition) is 3. The van der Waals surface area contributed by atoms with Gasteiger partial charge in [0, 0.05) is 44.0 Å². The number of carbonyl (C=O) groups is 1. The Hall–Kier alpha value is -3.37. The number of aromatic amines is 1. The lowest BCUT2D eigenvalue weighted by Crippen LogP contribution is -2.44. The molecule has 11 heteroatoms. The van der Waals surface area contributed by atoms with E-state index in [4.69, 9.17) is 21.3 Å². The molecule has 1 aromatic carbocycles. The molecular weight excluding hydrogens is 432 g/mol. The third-order valence-electron chi connectivity index (χ3n) is 5.15. The number of ether oxygens (including phenoxy) is 1. The molecule has 32 heavy (non-hydrogen) atoms. The van der Waals surface area contributed by atoms with Crippen LogP contribution in [-0.4, -0.2) is 71.4 Å². The van der Waals surface area contributed by atoms with Gasteiger partial charge < -0.3 is 25.2 Å². The number of halogens is 1. The fourth-order valence-electron chi connectivity index (χ4n) is 3.42. The first-order valence-electron chi connectivity index (χ1n) is 10.2. The molecule has 1 fully saturated rings. The van der Waals surface area contributed by atoms with Crippen LogP contribution in [0, 0.1) is 6.92 Å². The first-order valence-corrected chi connectivity index (χ1v) is 10.6. The third kappa shape index (κ3) is 4.92. The topological polar surface area (TPSA) is 111 Å². The number of hydrogen-bond acceptors (Lipinski definition) is 9. The van der Waals surface area contributed by atoms with Crippen LogP contribution in [0.4, 0.5) is 29.1 Å². The van der Waals surface area contributed by atoms with Gasteiger partial charge in [-0.05, 0) is 26.1 Å². The summed E-state index contributed by atoms with van der Waals surface area (Å²) < 4.78 is 4.89. The van der Waals surface area contributed by atoms with Crippen LogP contribution >= 0.6 is 11.6 Å². The zero-order valence-corrected chi connectivity index (χ0v) is 18.9. The number of aryl methyl sites for hydroxylation is 1. The minimum absolute atomic E-state index is 0.225. The van der Waals surface area contributed by atoms with E-state index in [1.54, 1.807) is 18.2 Å². The molecule has 3 aromatic rings. The van der Waals surface area contributed by atoms with Crippen molar-refractivity contribution in [3.8, 4) is 0 Å². The first kappa shape index (κ1) is 21.8. The van der Waals surface area contributed by atoms with Crippen LogP contribution in [0.2, 0.25) is 5.02 Å². The van der Waals surface area contributed by atoms with Crippen molar-refractivity contribution in [2.24, 2.45) is 0 Å². The molecule has 0 aliphatic carbocycles. The Balaban J connectivity index is 1.69. The smallest absolute Gasteiger partial charge is 0.341 e. The molecule has 4 rings (SSSR count). The number of nitrogens with one attached hydrogen (secondary N) is 3. The standard InChI is InChI=1S/C21H25ClN8O2/c1-13-11-17(28-27-13)24-16-12-18(30-9-7-29(2)8-10-30)26-21(25-16)23-15-6-4-5-14(22)19(15)20(31)32-3/h4-6,11-12H,7-10H2,1-3H3,(H3,23,24,25,26,27,28). The molecule has 2 aromatic heterocycles. The predicted octanol–water partition coefficient (Wildman–Crippen LogP) is 3.19. The zero-order valence-electron chi connectivity index (χ0n) is 18.1. The monoisotopic (exact) mass is 456 g/mol. The number of benzene rings is 1. The van der Waals surface area contributed by atoms with Crippen LogP contribution < -0.4 is 15.5 Å². The molecule has 1 aliphatic heterocycles. The van der Waals surface area contributed by atoms with E-state index in [2.05, 4.69) is 42.7 Å². The second kappa shape index (κ2) is 9.41. The van der Waals surface area contributed by atoms with E-state index >= 15 is 0 Å². The van der Waals surface area contributed by atoms with Crippen LogP contribution in [0.1, 0.15) is 16.1 Å². The molecule has 0 saturated carbocycles. The Labute approximate surface area is 190 Å². The second-order valence-corrected chi connectivity index (χ2v) is 7.97. The number of H-pyrrole nitrogens is 1. The van der Waals surface area contributed by atoms with Crippen LogP contribution in [0.25, 0.3) is 0 Å². The van der Waals surface area contributed by atoms with Crippen molar-refractivity contribution in [2.45, 2.75) is 6.92 Å². The highest BCUT2D eigenvalue weighted by Crippen LogP contribution is 2.29. The molecule has 10 nitrogen and oxygen atoms in total. The van der Waals surface area contributed by atoms with Gasteiger partial charge in [-0.3, -0.25) is 5.10 Å². The van der Waals surface area contributed by atoms with Crippen LogP contribution in [0.15, 0.2) is 30.3 Å². The highest BCUT2D eigenvalue weighted by molar-refractivity contribution is 6.34. The Bertz CT molecular complexity index is 1110. The lowest BCUT2D eigenvalue weighted by Gasteiger charge is -2.33. The van der Waals surface area contributed by atoms with E-state index < -0.39 is 5.97 Å². The highest BCUT2D eigenvalue weighted by Gasteiger charge is 2.20. The summed E-state index contributed by atoms with van der Waals surface area (Å²) in [5.74, 6) is 1.77. The number of aromatic nitrogens is 4. The molecule has 1 aliphatic rings. The number of likely N-dealkylation sites (N-methyl/N-ethyl adjacent to an activating group) is 1. The average molecular weight is 457 g/mol. The second-order valence-electron chi connectivity index (χ2n) is 7.57. The number of anilines is 5. The zero-order chi connectivity index (χ0) is 22.7. The predicted molar refractivity (Wildman–Crippen MR) is 124 cm³/mol. The fraction of sp³-hybridized carbons (Fsp3) is 0.333. The van der Waals surface area contributed by atoms with Gasteiger partial charge in [0.1, 0.15) is 17.2 Å². The number of esters is 1. The van der Waals surface area contributed by atoms with Gasteiger partial charge in [0.2, 0.25) is 5.95 Å². The van der Waals surface area contributed by atoms with Crippen molar-refractivity contribution in [1.29, 1.82) is 0 Å². The van der Waals surface area contributed by atoms with Crippen LogP contribution in [0.5, 0.6) is 0 Å². The largest absolute Gasteiger partial charge is 0.465 e. The van der Waals surface area contributed by atoms with Gasteiger partial charge in [-0.1, -0.05) is 17.7 Å². The van der Waals surface area contributed by atoms with Crippen molar-refractivity contribution >= 4 is 46.7 Å². The van der Waals surface area contributed by atoms with E-state index in [0.29, 0.717) is 23.3 Å². The summed E-state index contributed by atoms with van der Waals surface area (Å²) in [4.78, 5) is 26.0. The van der Waals surface area contributed by atoms with E-state index in [1.807, 2.05) is 19.1 Å². The van der Waals surface area contributed by atoms with Gasteiger partial charge in [0.15, 0.2) is 5.82 Å². The molecule has 168 valence electrons. The molecule has 3 heterocycles. The maximum absolute atomic E-state index is 12.3. The Morgan fingerprint density at radius 2 is 1.91 bits per heavy atom. The maximum Gasteiger partial charge on any atom is 0.341 e. The molecule has 0 bridgehead atoms. The van der Waals surface area contributed by atoms with E-state index in [0.717, 1.165) is 37.7 Å². The van der Waals surface area contributed by atoms with Crippen molar-refractivity contribution in [3.63, 3.8) is 0 Å². The molecule has 0 amide bonds. The molecule has 0 spiro atoms. The normalized spacial score (nSPS) is 14.3. The number of nitrogens with zero attached hydrogens (tertiary/aromatic N) is 5. The molecule has 0 unspecified atom stereocenters. The number of carbonyl (C=O) groups excluding carboxylic acids is 1. The molecular formula is C21H25ClN8O2. The van der Waals surface area contributed by atoms with Gasteiger partial charge in [0.25, 0.3) is 0 Å². The van der Waals surface area contributed by atoms with Gasteiger partial charge in [0.05, 0.1) is 17.8 Å². The van der Waals surface area contributed by atoms with Crippen molar-refractivity contribution in [1.82, 2.24) is 25.1 Å². The Morgan fingerprint density at radius 3 is 2.59 bits per heavy atom. The van der Waals surface area contributed by atoms with E-state index in [9.17, 15) is 4.79 Å². The molecule has 1 saturated heterocycles. The summed E-state index contributed by atoms with van der Waals surface area (Å²) >= 11 is 6.26. The van der Waals surface area contributed by atoms with E-state index in [-0.39, 0.29) is 10.6 Å². The quantitative estimate of drug-likeness (QED) is 0.481. The number of piperazine rings is 1. The molecule has 0 radical (unpaired) electrons. The van der Waals surface area contributed by atoms with Crippen LogP contribution in [0.3, 0.4) is 0 Å². The summed E-state index contributed by atoms with van der Waals surface area (Å²) in [6.45, 7) is 5.50. The lowest BCUT2D eigenvalue weighted by molar-refractivity contribution is 0.0602. The molecule has 0 atom stereocenters. The maximum atomic E-state index is 12.3. The summed E-state index contributed by atoms with van der Waals surface area (Å²) in [7, 11) is 3.42. The summed E-state index contributed by atoms with van der Waals surface area (Å²) in [5.41, 5.74) is 1.62. The number of methoxy groups -OCH3 is 1. The average Bonchev–Trinajstić information content (AvgIpc) is 3.18. The van der Waals surface area contributed by atoms with Gasteiger partial charge >= 0.3 is 5.97 Å². The lowest BCUT2D eigenvalue weighted by atomic mass is 10.2. The SMILES string of the molecule is COC(=O)c1c(Cl)cccc1Nc1nc(Nc2cc(C)[nH]n2)cc(N2CCN(C)CC2)n1. The number of rotatable bonds is 6. The summed E-state index contributed by atoms with van der Waals surface area (Å²) in [6.07, 6.45) is 0. The first-order chi connectivity index (χ1) is 15.4. The molecule has 3 N–H and O–H groups in total. The minimum Gasteiger partial charge on any atom is -0.465 e. The highest BCUT2D eigenvalue weighted by atomic mass is 35.5. The van der Waals surface area contributed by atoms with Gasteiger partial charge in [-0.25, -0.2) is 4.79 Å². The Morgan fingerprint density at radius 1 is 1.12 bits per heavy atom. The van der Waals surface area contributed by atoms with Crippen molar-refractivity contribution < 1.29 is 9.53 Å².